The van der Waals surface area contributed by atoms with Gasteiger partial charge in [0.1, 0.15) is 0 Å². The number of nitriles is 1. The third-order valence-electron chi connectivity index (χ3n) is 2.05. The van der Waals surface area contributed by atoms with Crippen LogP contribution in [-0.2, 0) is 0 Å². The highest BCUT2D eigenvalue weighted by molar-refractivity contribution is 4.64. The lowest BCUT2D eigenvalue weighted by atomic mass is 10.1. The van der Waals surface area contributed by atoms with Crippen LogP contribution in [0.5, 0.6) is 0 Å². The topological polar surface area (TPSA) is 23.8 Å². The Hall–Kier alpha value is -0.510. The van der Waals surface area contributed by atoms with Crippen molar-refractivity contribution in [3.63, 3.8) is 0 Å². The van der Waals surface area contributed by atoms with Crippen molar-refractivity contribution in [1.29, 1.82) is 5.26 Å². The van der Waals surface area contributed by atoms with E-state index in [4.69, 9.17) is 5.26 Å². The second-order valence-corrected chi connectivity index (χ2v) is 2.56. The molecular formula is C8H15N. The Morgan fingerprint density at radius 3 is 2.00 bits per heavy atom. The fourth-order valence-electron chi connectivity index (χ4n) is 1.42. The Morgan fingerprint density at radius 2 is 1.78 bits per heavy atom. The molecule has 1 aliphatic carbocycles. The quantitative estimate of drug-likeness (QED) is 0.528. The molecule has 0 aromatic rings. The van der Waals surface area contributed by atoms with Gasteiger partial charge in [0.05, 0.1) is 0 Å². The summed E-state index contributed by atoms with van der Waals surface area (Å²) < 4.78 is 0. The first kappa shape index (κ1) is 8.49. The van der Waals surface area contributed by atoms with E-state index >= 15 is 0 Å². The van der Waals surface area contributed by atoms with Crippen molar-refractivity contribution < 1.29 is 0 Å². The molecule has 1 rings (SSSR count). The van der Waals surface area contributed by atoms with Crippen molar-refractivity contribution in [3.8, 4) is 6.57 Å². The molecule has 0 aromatic carbocycles. The standard InChI is InChI=1S/C7H14.CHN/c1-2-7-5-3-4-6-7;1-2/h7H,2-6H2,1H3;1H. The molecule has 0 bridgehead atoms. The monoisotopic (exact) mass is 125 g/mol. The smallest absolute Gasteiger partial charge is 0.0462 e. The largest absolute Gasteiger partial charge is 0.202 e. The van der Waals surface area contributed by atoms with Gasteiger partial charge in [-0.05, 0) is 5.92 Å². The summed E-state index contributed by atoms with van der Waals surface area (Å²) in [5.74, 6) is 1.10. The number of rotatable bonds is 1. The van der Waals surface area contributed by atoms with Gasteiger partial charge >= 0.3 is 0 Å². The van der Waals surface area contributed by atoms with E-state index in [9.17, 15) is 0 Å². The number of hydrogen-bond donors (Lipinski definition) is 0. The zero-order valence-electron chi connectivity index (χ0n) is 6.14. The SMILES string of the molecule is C#N.CCC1CCCC1. The molecule has 0 radical (unpaired) electrons. The molecule has 0 heterocycles. The van der Waals surface area contributed by atoms with Crippen LogP contribution < -0.4 is 0 Å². The average Bonchev–Trinajstić information content (AvgIpc) is 2.43. The predicted molar refractivity (Wildman–Crippen MR) is 38.9 cm³/mol. The highest BCUT2D eigenvalue weighted by Crippen LogP contribution is 2.26. The summed E-state index contributed by atoms with van der Waals surface area (Å²) >= 11 is 0. The molecule has 0 spiro atoms. The van der Waals surface area contributed by atoms with Crippen LogP contribution >= 0.6 is 0 Å². The first-order valence-corrected chi connectivity index (χ1v) is 3.69. The van der Waals surface area contributed by atoms with Crippen LogP contribution in [0, 0.1) is 17.8 Å². The zero-order valence-corrected chi connectivity index (χ0v) is 6.14. The lowest BCUT2D eigenvalue weighted by Gasteiger charge is -1.99. The van der Waals surface area contributed by atoms with Crippen molar-refractivity contribution in [2.75, 3.05) is 0 Å². The van der Waals surface area contributed by atoms with Crippen molar-refractivity contribution in [1.82, 2.24) is 0 Å². The first-order valence-electron chi connectivity index (χ1n) is 3.69. The summed E-state index contributed by atoms with van der Waals surface area (Å²) in [6, 6.07) is 0. The Labute approximate surface area is 57.7 Å². The third kappa shape index (κ3) is 3.13. The Bertz CT molecular complexity index is 69.9. The molecule has 0 saturated heterocycles. The molecule has 0 atom stereocenters. The van der Waals surface area contributed by atoms with E-state index in [2.05, 4.69) is 13.5 Å². The van der Waals surface area contributed by atoms with Gasteiger partial charge in [-0.15, -0.1) is 0 Å². The fourth-order valence-corrected chi connectivity index (χ4v) is 1.42. The fraction of sp³-hybridized carbons (Fsp3) is 0.875. The van der Waals surface area contributed by atoms with E-state index in [0.717, 1.165) is 5.92 Å². The lowest BCUT2D eigenvalue weighted by molar-refractivity contribution is 0.531. The highest BCUT2D eigenvalue weighted by atomic mass is 14.2. The second kappa shape index (κ2) is 5.62. The lowest BCUT2D eigenvalue weighted by Crippen LogP contribution is -1.86. The average molecular weight is 125 g/mol. The van der Waals surface area contributed by atoms with Crippen molar-refractivity contribution >= 4 is 0 Å². The van der Waals surface area contributed by atoms with Crippen LogP contribution in [0.15, 0.2) is 0 Å². The molecule has 1 aliphatic rings. The van der Waals surface area contributed by atoms with Gasteiger partial charge in [-0.3, -0.25) is 0 Å². The number of hydrogen-bond acceptors (Lipinski definition) is 1. The molecule has 1 heteroatoms. The maximum atomic E-state index is 6.50. The highest BCUT2D eigenvalue weighted by Gasteiger charge is 2.11. The Kier molecular flexibility index (Phi) is 5.30. The van der Waals surface area contributed by atoms with Crippen LogP contribution in [0.4, 0.5) is 0 Å². The minimum atomic E-state index is 1.10. The molecule has 1 nitrogen and oxygen atoms in total. The third-order valence-corrected chi connectivity index (χ3v) is 2.05. The molecule has 1 saturated carbocycles. The first-order chi connectivity index (χ1) is 4.43. The number of nitrogens with zero attached hydrogens (tertiary/aromatic N) is 1. The van der Waals surface area contributed by atoms with E-state index in [1.807, 2.05) is 0 Å². The van der Waals surface area contributed by atoms with Crippen LogP contribution in [0.25, 0.3) is 0 Å². The van der Waals surface area contributed by atoms with E-state index in [1.54, 1.807) is 0 Å². The maximum absolute atomic E-state index is 6.50. The van der Waals surface area contributed by atoms with Crippen molar-refractivity contribution in [2.45, 2.75) is 39.0 Å². The molecule has 0 N–H and O–H groups in total. The van der Waals surface area contributed by atoms with Crippen molar-refractivity contribution in [3.05, 3.63) is 0 Å². The van der Waals surface area contributed by atoms with Crippen LogP contribution in [0.2, 0.25) is 0 Å². The summed E-state index contributed by atoms with van der Waals surface area (Å²) in [7, 11) is 0. The molecular weight excluding hydrogens is 110 g/mol. The molecule has 0 unspecified atom stereocenters. The predicted octanol–water partition coefficient (Wildman–Crippen LogP) is 2.73. The summed E-state index contributed by atoms with van der Waals surface area (Å²) in [5, 5.41) is 6.50. The van der Waals surface area contributed by atoms with Gasteiger partial charge in [-0.1, -0.05) is 39.0 Å². The van der Waals surface area contributed by atoms with Gasteiger partial charge in [-0.25, -0.2) is 5.26 Å². The summed E-state index contributed by atoms with van der Waals surface area (Å²) in [4.78, 5) is 0. The zero-order chi connectivity index (χ0) is 7.11. The summed E-state index contributed by atoms with van der Waals surface area (Å²) in [5.41, 5.74) is 0. The minimum Gasteiger partial charge on any atom is -0.202 e. The van der Waals surface area contributed by atoms with Gasteiger partial charge in [-0.2, -0.15) is 0 Å². The van der Waals surface area contributed by atoms with Crippen LogP contribution in [-0.4, -0.2) is 0 Å². The van der Waals surface area contributed by atoms with Crippen LogP contribution in [0.3, 0.4) is 0 Å². The Balaban J connectivity index is 0.000000291. The van der Waals surface area contributed by atoms with Gasteiger partial charge in [0, 0.05) is 6.57 Å². The molecule has 0 amide bonds. The molecule has 52 valence electrons. The maximum Gasteiger partial charge on any atom is 0.0462 e. The van der Waals surface area contributed by atoms with E-state index in [-0.39, 0.29) is 0 Å². The van der Waals surface area contributed by atoms with Crippen molar-refractivity contribution in [2.24, 2.45) is 5.92 Å². The second-order valence-electron chi connectivity index (χ2n) is 2.56. The van der Waals surface area contributed by atoms with Gasteiger partial charge in [0.25, 0.3) is 0 Å². The van der Waals surface area contributed by atoms with E-state index in [0.29, 0.717) is 0 Å². The molecule has 0 aliphatic heterocycles. The van der Waals surface area contributed by atoms with Gasteiger partial charge < -0.3 is 0 Å². The van der Waals surface area contributed by atoms with Gasteiger partial charge in [0.15, 0.2) is 0 Å². The van der Waals surface area contributed by atoms with E-state index in [1.165, 1.54) is 32.1 Å². The van der Waals surface area contributed by atoms with E-state index < -0.39 is 0 Å². The van der Waals surface area contributed by atoms with Crippen LogP contribution in [0.1, 0.15) is 39.0 Å². The molecule has 9 heavy (non-hydrogen) atoms. The normalized spacial score (nSPS) is 18.6. The summed E-state index contributed by atoms with van der Waals surface area (Å²) in [6.45, 7) is 5.80. The summed E-state index contributed by atoms with van der Waals surface area (Å²) in [6.07, 6.45) is 7.43. The Morgan fingerprint density at radius 1 is 1.33 bits per heavy atom. The molecule has 1 fully saturated rings. The minimum absolute atomic E-state index is 1.10. The molecule has 0 aromatic heterocycles. The van der Waals surface area contributed by atoms with Gasteiger partial charge in [0.2, 0.25) is 0 Å².